The van der Waals surface area contributed by atoms with E-state index < -0.39 is 5.97 Å². The van der Waals surface area contributed by atoms with Crippen molar-refractivity contribution in [3.63, 3.8) is 0 Å². The van der Waals surface area contributed by atoms with E-state index in [2.05, 4.69) is 38.9 Å². The van der Waals surface area contributed by atoms with E-state index in [-0.39, 0.29) is 6.42 Å². The summed E-state index contributed by atoms with van der Waals surface area (Å²) >= 11 is 1.78. The molecule has 2 aliphatic carbocycles. The molecular weight excluding hydrogens is 408 g/mol. The summed E-state index contributed by atoms with van der Waals surface area (Å²) in [5.74, 6) is 1.88. The number of carboxylic acid groups (broad SMARTS) is 1. The van der Waals surface area contributed by atoms with E-state index in [1.165, 1.54) is 16.0 Å². The van der Waals surface area contributed by atoms with E-state index in [9.17, 15) is 4.79 Å². The van der Waals surface area contributed by atoms with Crippen LogP contribution in [0.5, 0.6) is 0 Å². The average molecular weight is 437 g/mol. The highest BCUT2D eigenvalue weighted by Crippen LogP contribution is 2.72. The normalized spacial score (nSPS) is 20.5. The van der Waals surface area contributed by atoms with Gasteiger partial charge in [-0.25, -0.2) is 0 Å². The van der Waals surface area contributed by atoms with Gasteiger partial charge in [-0.1, -0.05) is 25.9 Å². The first kappa shape index (κ1) is 20.4. The quantitative estimate of drug-likeness (QED) is 0.516. The maximum Gasteiger partial charge on any atom is 0.303 e. The fourth-order valence-electron chi connectivity index (χ4n) is 5.66. The number of aromatic nitrogens is 2. The van der Waals surface area contributed by atoms with Crippen LogP contribution in [-0.2, 0) is 24.1 Å². The summed E-state index contributed by atoms with van der Waals surface area (Å²) < 4.78 is 5.74. The second kappa shape index (κ2) is 7.02. The number of benzene rings is 1. The molecule has 162 valence electrons. The first-order valence-electron chi connectivity index (χ1n) is 11.0. The number of rotatable bonds is 6. The molecule has 1 fully saturated rings. The monoisotopic (exact) mass is 436 g/mol. The third kappa shape index (κ3) is 3.15. The van der Waals surface area contributed by atoms with Crippen LogP contribution >= 0.6 is 11.3 Å². The van der Waals surface area contributed by atoms with Crippen LogP contribution < -0.4 is 0 Å². The Labute approximate surface area is 186 Å². The predicted molar refractivity (Wildman–Crippen MR) is 122 cm³/mol. The molecule has 0 bridgehead atoms. The van der Waals surface area contributed by atoms with E-state index in [0.717, 1.165) is 45.9 Å². The molecule has 2 heterocycles. The molecule has 3 aromatic rings. The number of hydrogen-bond acceptors (Lipinski definition) is 5. The van der Waals surface area contributed by atoms with Gasteiger partial charge in [0.05, 0.1) is 4.88 Å². The van der Waals surface area contributed by atoms with Crippen molar-refractivity contribution in [3.05, 3.63) is 44.8 Å². The van der Waals surface area contributed by atoms with Crippen molar-refractivity contribution in [2.75, 3.05) is 0 Å². The van der Waals surface area contributed by atoms with E-state index >= 15 is 0 Å². The van der Waals surface area contributed by atoms with E-state index in [1.54, 1.807) is 11.3 Å². The van der Waals surface area contributed by atoms with Crippen LogP contribution in [-0.4, -0.2) is 21.2 Å². The zero-order valence-corrected chi connectivity index (χ0v) is 19.5. The number of thiophene rings is 1. The summed E-state index contributed by atoms with van der Waals surface area (Å²) in [7, 11) is 0. The molecule has 2 atom stereocenters. The molecule has 0 radical (unpaired) electrons. The Morgan fingerprint density at radius 2 is 2.10 bits per heavy atom. The number of carboxylic acids is 1. The number of aryl methyl sites for hydroxylation is 3. The highest BCUT2D eigenvalue weighted by atomic mass is 32.1. The van der Waals surface area contributed by atoms with Crippen molar-refractivity contribution in [1.29, 1.82) is 0 Å². The van der Waals surface area contributed by atoms with Gasteiger partial charge in [0.15, 0.2) is 0 Å². The molecule has 6 heteroatoms. The Morgan fingerprint density at radius 3 is 2.81 bits per heavy atom. The highest BCUT2D eigenvalue weighted by Gasteiger charge is 2.63. The van der Waals surface area contributed by atoms with Gasteiger partial charge < -0.3 is 9.63 Å². The second-order valence-corrected chi connectivity index (χ2v) is 10.8. The molecule has 0 saturated heterocycles. The Hall–Kier alpha value is -2.47. The summed E-state index contributed by atoms with van der Waals surface area (Å²) in [6.45, 7) is 11.1. The maximum absolute atomic E-state index is 11.0. The standard InChI is InChI=1S/C25H28N2O3S/c1-6-14-10-15(9-12(2)16(14)7-8-19(28)29)23-26-24(30-27-23)22-17-11-18-21(25(18,4)5)20(17)13(3)31-22/h9-10,18,21H,6-8,11H2,1-5H3,(H,28,29)/t18-,21-/m1/s1. The third-order valence-electron chi connectivity index (χ3n) is 7.43. The van der Waals surface area contributed by atoms with Gasteiger partial charge in [-0.15, -0.1) is 11.3 Å². The van der Waals surface area contributed by atoms with Crippen molar-refractivity contribution in [2.45, 2.75) is 66.2 Å². The van der Waals surface area contributed by atoms with Crippen LogP contribution in [0, 0.1) is 25.2 Å². The van der Waals surface area contributed by atoms with Crippen LogP contribution in [0.1, 0.15) is 65.8 Å². The van der Waals surface area contributed by atoms with Gasteiger partial charge in [0.1, 0.15) is 0 Å². The van der Waals surface area contributed by atoms with Crippen LogP contribution in [0.2, 0.25) is 0 Å². The fourth-order valence-corrected chi connectivity index (χ4v) is 6.81. The molecule has 0 aliphatic heterocycles. The van der Waals surface area contributed by atoms with E-state index in [1.807, 2.05) is 13.0 Å². The summed E-state index contributed by atoms with van der Waals surface area (Å²) in [4.78, 5) is 18.3. The summed E-state index contributed by atoms with van der Waals surface area (Å²) in [5.41, 5.74) is 7.65. The van der Waals surface area contributed by atoms with Gasteiger partial charge in [-0.05, 0) is 90.3 Å². The highest BCUT2D eigenvalue weighted by molar-refractivity contribution is 7.15. The fraction of sp³-hybridized carbons (Fsp3) is 0.480. The minimum Gasteiger partial charge on any atom is -0.481 e. The Balaban J connectivity index is 1.47. The molecule has 0 amide bonds. The van der Waals surface area contributed by atoms with Crippen molar-refractivity contribution >= 4 is 17.3 Å². The zero-order valence-electron chi connectivity index (χ0n) is 18.7. The number of aliphatic carboxylic acids is 1. The predicted octanol–water partition coefficient (Wildman–Crippen LogP) is 5.96. The lowest BCUT2D eigenvalue weighted by Crippen LogP contribution is -2.03. The number of carbonyl (C=O) groups is 1. The van der Waals surface area contributed by atoms with E-state index in [0.29, 0.717) is 29.5 Å². The Kier molecular flexibility index (Phi) is 4.63. The van der Waals surface area contributed by atoms with Crippen LogP contribution in [0.15, 0.2) is 16.7 Å². The lowest BCUT2D eigenvalue weighted by Gasteiger charge is -2.12. The van der Waals surface area contributed by atoms with Crippen LogP contribution in [0.3, 0.4) is 0 Å². The first-order chi connectivity index (χ1) is 14.7. The molecule has 0 unspecified atom stereocenters. The van der Waals surface area contributed by atoms with Gasteiger partial charge in [-0.3, -0.25) is 4.79 Å². The average Bonchev–Trinajstić information content (AvgIpc) is 3.21. The molecule has 1 saturated carbocycles. The van der Waals surface area contributed by atoms with Crippen LogP contribution in [0.25, 0.3) is 22.2 Å². The minimum atomic E-state index is -0.770. The molecule has 2 aromatic heterocycles. The van der Waals surface area contributed by atoms with Crippen molar-refractivity contribution in [2.24, 2.45) is 11.3 Å². The number of nitrogens with zero attached hydrogens (tertiary/aromatic N) is 2. The molecule has 31 heavy (non-hydrogen) atoms. The second-order valence-electron chi connectivity index (χ2n) is 9.59. The first-order valence-corrected chi connectivity index (χ1v) is 11.8. The lowest BCUT2D eigenvalue weighted by atomic mass is 9.93. The van der Waals surface area contributed by atoms with E-state index in [4.69, 9.17) is 14.6 Å². The molecule has 1 aromatic carbocycles. The molecule has 0 spiro atoms. The maximum atomic E-state index is 11.0. The smallest absolute Gasteiger partial charge is 0.303 e. The van der Waals surface area contributed by atoms with Gasteiger partial charge in [-0.2, -0.15) is 4.98 Å². The molecular formula is C25H28N2O3S. The summed E-state index contributed by atoms with van der Waals surface area (Å²) in [6, 6.07) is 4.13. The lowest BCUT2D eigenvalue weighted by molar-refractivity contribution is -0.136. The molecule has 5 rings (SSSR count). The third-order valence-corrected chi connectivity index (χ3v) is 8.58. The molecule has 1 N–H and O–H groups in total. The number of hydrogen-bond donors (Lipinski definition) is 1. The molecule has 2 aliphatic rings. The van der Waals surface area contributed by atoms with Gasteiger partial charge in [0.2, 0.25) is 5.82 Å². The van der Waals surface area contributed by atoms with Gasteiger partial charge in [0.25, 0.3) is 5.89 Å². The number of fused-ring (bicyclic) bond motifs is 3. The Bertz CT molecular complexity index is 1200. The van der Waals surface area contributed by atoms with Crippen LogP contribution in [0.4, 0.5) is 0 Å². The Morgan fingerprint density at radius 1 is 1.32 bits per heavy atom. The summed E-state index contributed by atoms with van der Waals surface area (Å²) in [6.07, 6.45) is 2.63. The van der Waals surface area contributed by atoms with Crippen molar-refractivity contribution < 1.29 is 14.4 Å². The topological polar surface area (TPSA) is 76.2 Å². The van der Waals surface area contributed by atoms with Crippen molar-refractivity contribution in [1.82, 2.24) is 10.1 Å². The van der Waals surface area contributed by atoms with Gasteiger partial charge >= 0.3 is 5.97 Å². The SMILES string of the molecule is CCc1cc(-c2noc(-c3sc(C)c4c3C[C@@H]3[C@H]4C3(C)C)n2)cc(C)c1CCC(=O)O. The van der Waals surface area contributed by atoms with Gasteiger partial charge in [0, 0.05) is 16.9 Å². The summed E-state index contributed by atoms with van der Waals surface area (Å²) in [5, 5.41) is 13.4. The minimum absolute atomic E-state index is 0.140. The zero-order chi connectivity index (χ0) is 22.1. The largest absolute Gasteiger partial charge is 0.481 e. The molecule has 5 nitrogen and oxygen atoms in total. The van der Waals surface area contributed by atoms with Crippen molar-refractivity contribution in [3.8, 4) is 22.2 Å².